The molecule has 2 heterocycles. The summed E-state index contributed by atoms with van der Waals surface area (Å²) in [6.07, 6.45) is 3.12. The van der Waals surface area contributed by atoms with Crippen molar-refractivity contribution in [2.45, 2.75) is 25.8 Å². The van der Waals surface area contributed by atoms with Crippen LogP contribution in [0.25, 0.3) is 6.08 Å². The van der Waals surface area contributed by atoms with Gasteiger partial charge in [0.25, 0.3) is 0 Å². The van der Waals surface area contributed by atoms with E-state index in [1.807, 2.05) is 13.8 Å². The fourth-order valence-electron chi connectivity index (χ4n) is 2.54. The molecular formula is C18H20FN3O3. The van der Waals surface area contributed by atoms with Crippen molar-refractivity contribution in [1.29, 1.82) is 0 Å². The number of hydrogen-bond donors (Lipinski definition) is 0. The lowest BCUT2D eigenvalue weighted by atomic mass is 10.1. The van der Waals surface area contributed by atoms with Crippen molar-refractivity contribution in [2.24, 2.45) is 0 Å². The van der Waals surface area contributed by atoms with Crippen LogP contribution in [-0.2, 0) is 9.53 Å². The third kappa shape index (κ3) is 4.11. The van der Waals surface area contributed by atoms with Crippen LogP contribution < -0.4 is 0 Å². The van der Waals surface area contributed by atoms with Crippen LogP contribution in [0, 0.1) is 5.82 Å². The number of amides is 1. The summed E-state index contributed by atoms with van der Waals surface area (Å²) >= 11 is 0. The van der Waals surface area contributed by atoms with Crippen LogP contribution in [0.2, 0.25) is 0 Å². The Morgan fingerprint density at radius 3 is 2.80 bits per heavy atom. The van der Waals surface area contributed by atoms with Gasteiger partial charge in [-0.3, -0.25) is 4.79 Å². The molecule has 1 aromatic heterocycles. The highest BCUT2D eigenvalue weighted by Crippen LogP contribution is 2.24. The number of carbonyl (C=O) groups excluding carboxylic acids is 1. The minimum absolute atomic E-state index is 0.119. The first-order valence-electron chi connectivity index (χ1n) is 8.20. The zero-order chi connectivity index (χ0) is 17.8. The summed E-state index contributed by atoms with van der Waals surface area (Å²) in [5, 5.41) is 4.00. The van der Waals surface area contributed by atoms with Gasteiger partial charge in [-0.2, -0.15) is 4.98 Å². The number of aromatic nitrogens is 2. The van der Waals surface area contributed by atoms with Crippen LogP contribution in [0.15, 0.2) is 34.9 Å². The van der Waals surface area contributed by atoms with Gasteiger partial charge in [-0.15, -0.1) is 0 Å². The summed E-state index contributed by atoms with van der Waals surface area (Å²) in [7, 11) is 0. The van der Waals surface area contributed by atoms with Crippen LogP contribution in [0.3, 0.4) is 0 Å². The fraction of sp³-hybridized carbons (Fsp3) is 0.389. The largest absolute Gasteiger partial charge is 0.377 e. The van der Waals surface area contributed by atoms with Crippen molar-refractivity contribution in [3.63, 3.8) is 0 Å². The standard InChI is InChI=1S/C18H20FN3O3/c1-12(2)18-20-17(21-25-18)15-11-24-10-9-22(15)16(23)8-5-13-3-6-14(19)7-4-13/h3-8,12,15H,9-11H2,1-2H3. The molecule has 6 nitrogen and oxygen atoms in total. The molecule has 1 aromatic carbocycles. The maximum Gasteiger partial charge on any atom is 0.247 e. The Morgan fingerprint density at radius 2 is 2.12 bits per heavy atom. The van der Waals surface area contributed by atoms with Crippen LogP contribution in [0.4, 0.5) is 4.39 Å². The van der Waals surface area contributed by atoms with Gasteiger partial charge in [-0.1, -0.05) is 31.1 Å². The van der Waals surface area contributed by atoms with E-state index in [1.165, 1.54) is 18.2 Å². The number of halogens is 1. The number of rotatable bonds is 4. The zero-order valence-electron chi connectivity index (χ0n) is 14.2. The van der Waals surface area contributed by atoms with E-state index < -0.39 is 0 Å². The second kappa shape index (κ2) is 7.57. The molecule has 0 N–H and O–H groups in total. The maximum absolute atomic E-state index is 12.9. The number of hydrogen-bond acceptors (Lipinski definition) is 5. The van der Waals surface area contributed by atoms with Crippen LogP contribution in [0.1, 0.15) is 43.1 Å². The molecule has 1 atom stereocenters. The second-order valence-corrected chi connectivity index (χ2v) is 6.15. The number of nitrogens with zero attached hydrogens (tertiary/aromatic N) is 3. The highest BCUT2D eigenvalue weighted by molar-refractivity contribution is 5.92. The molecule has 1 aliphatic heterocycles. The van der Waals surface area contributed by atoms with Gasteiger partial charge < -0.3 is 14.2 Å². The zero-order valence-corrected chi connectivity index (χ0v) is 14.2. The van der Waals surface area contributed by atoms with Gasteiger partial charge in [0.1, 0.15) is 11.9 Å². The molecule has 1 amide bonds. The van der Waals surface area contributed by atoms with Crippen molar-refractivity contribution >= 4 is 12.0 Å². The molecule has 1 unspecified atom stereocenters. The van der Waals surface area contributed by atoms with Crippen LogP contribution in [-0.4, -0.2) is 40.7 Å². The lowest BCUT2D eigenvalue weighted by molar-refractivity contribution is -0.135. The molecule has 3 rings (SSSR count). The lowest BCUT2D eigenvalue weighted by Crippen LogP contribution is -2.43. The Bertz CT molecular complexity index is 755. The summed E-state index contributed by atoms with van der Waals surface area (Å²) < 4.78 is 23.7. The lowest BCUT2D eigenvalue weighted by Gasteiger charge is -2.32. The topological polar surface area (TPSA) is 68.5 Å². The number of ether oxygens (including phenoxy) is 1. The van der Waals surface area contributed by atoms with Crippen molar-refractivity contribution in [3.05, 3.63) is 53.4 Å². The number of morpholine rings is 1. The maximum atomic E-state index is 12.9. The molecule has 132 valence electrons. The van der Waals surface area contributed by atoms with Crippen LogP contribution >= 0.6 is 0 Å². The van der Waals surface area contributed by atoms with Crippen molar-refractivity contribution in [3.8, 4) is 0 Å². The molecule has 0 spiro atoms. The number of carbonyl (C=O) groups is 1. The van der Waals surface area contributed by atoms with Crippen LogP contribution in [0.5, 0.6) is 0 Å². The summed E-state index contributed by atoms with van der Waals surface area (Å²) in [6, 6.07) is 5.56. The SMILES string of the molecule is CC(C)c1nc(C2COCCN2C(=O)C=Cc2ccc(F)cc2)no1. The normalized spacial score (nSPS) is 18.2. The Balaban J connectivity index is 1.75. The molecule has 0 aliphatic carbocycles. The fourth-order valence-corrected chi connectivity index (χ4v) is 2.54. The van der Waals surface area contributed by atoms with E-state index in [-0.39, 0.29) is 23.7 Å². The van der Waals surface area contributed by atoms with Gasteiger partial charge in [0.05, 0.1) is 13.2 Å². The van der Waals surface area contributed by atoms with Crippen molar-refractivity contribution in [1.82, 2.24) is 15.0 Å². The van der Waals surface area contributed by atoms with Gasteiger partial charge in [-0.05, 0) is 23.8 Å². The van der Waals surface area contributed by atoms with Gasteiger partial charge in [0.15, 0.2) is 5.82 Å². The number of benzene rings is 1. The first-order chi connectivity index (χ1) is 12.0. The Morgan fingerprint density at radius 1 is 1.36 bits per heavy atom. The molecule has 0 bridgehead atoms. The van der Waals surface area contributed by atoms with Crippen molar-refractivity contribution < 1.29 is 18.4 Å². The molecule has 1 fully saturated rings. The molecule has 7 heteroatoms. The molecule has 1 aliphatic rings. The second-order valence-electron chi connectivity index (χ2n) is 6.15. The van der Waals surface area contributed by atoms with Gasteiger partial charge in [-0.25, -0.2) is 4.39 Å². The van der Waals surface area contributed by atoms with Gasteiger partial charge in [0, 0.05) is 18.5 Å². The van der Waals surface area contributed by atoms with E-state index in [1.54, 1.807) is 23.1 Å². The van der Waals surface area contributed by atoms with Crippen molar-refractivity contribution in [2.75, 3.05) is 19.8 Å². The first kappa shape index (κ1) is 17.3. The summed E-state index contributed by atoms with van der Waals surface area (Å²) in [4.78, 5) is 18.6. The van der Waals surface area contributed by atoms with E-state index in [4.69, 9.17) is 9.26 Å². The van der Waals surface area contributed by atoms with E-state index >= 15 is 0 Å². The smallest absolute Gasteiger partial charge is 0.247 e. The highest BCUT2D eigenvalue weighted by Gasteiger charge is 2.31. The average Bonchev–Trinajstić information content (AvgIpc) is 3.11. The average molecular weight is 345 g/mol. The monoisotopic (exact) mass is 345 g/mol. The molecule has 0 saturated carbocycles. The predicted octanol–water partition coefficient (Wildman–Crippen LogP) is 2.95. The Kier molecular flexibility index (Phi) is 5.23. The summed E-state index contributed by atoms with van der Waals surface area (Å²) in [6.45, 7) is 5.16. The van der Waals surface area contributed by atoms with E-state index in [0.29, 0.717) is 31.5 Å². The third-order valence-corrected chi connectivity index (χ3v) is 3.95. The summed E-state index contributed by atoms with van der Waals surface area (Å²) in [5.41, 5.74) is 0.751. The Hall–Kier alpha value is -2.54. The minimum atomic E-state index is -0.379. The molecule has 2 aromatic rings. The quantitative estimate of drug-likeness (QED) is 0.797. The predicted molar refractivity (Wildman–Crippen MR) is 89.1 cm³/mol. The van der Waals surface area contributed by atoms with E-state index in [0.717, 1.165) is 5.56 Å². The molecule has 0 radical (unpaired) electrons. The summed E-state index contributed by atoms with van der Waals surface area (Å²) in [5.74, 6) is 0.623. The molecule has 1 saturated heterocycles. The van der Waals surface area contributed by atoms with E-state index in [9.17, 15) is 9.18 Å². The van der Waals surface area contributed by atoms with Gasteiger partial charge in [0.2, 0.25) is 11.8 Å². The first-order valence-corrected chi connectivity index (χ1v) is 8.20. The van der Waals surface area contributed by atoms with E-state index in [2.05, 4.69) is 10.1 Å². The van der Waals surface area contributed by atoms with Gasteiger partial charge >= 0.3 is 0 Å². The molecule has 25 heavy (non-hydrogen) atoms. The highest BCUT2D eigenvalue weighted by atomic mass is 19.1. The minimum Gasteiger partial charge on any atom is -0.377 e. The Labute approximate surface area is 145 Å². The third-order valence-electron chi connectivity index (χ3n) is 3.95. The molecular weight excluding hydrogens is 325 g/mol.